The zero-order valence-electron chi connectivity index (χ0n) is 13.5. The Morgan fingerprint density at radius 3 is 2.71 bits per heavy atom. The molecule has 0 atom stereocenters. The van der Waals surface area contributed by atoms with E-state index in [9.17, 15) is 4.79 Å². The zero-order chi connectivity index (χ0) is 16.4. The lowest BCUT2D eigenvalue weighted by molar-refractivity contribution is -0.120. The number of carbonyl (C=O) groups is 1. The lowest BCUT2D eigenvalue weighted by Gasteiger charge is -2.20. The Morgan fingerprint density at radius 2 is 1.88 bits per heavy atom. The number of anilines is 1. The van der Waals surface area contributed by atoms with E-state index < -0.39 is 0 Å². The molecule has 1 aliphatic rings. The molecule has 1 amide bonds. The highest BCUT2D eigenvalue weighted by molar-refractivity contribution is 5.93. The molecule has 0 saturated heterocycles. The first kappa shape index (κ1) is 14.9. The highest BCUT2D eigenvalue weighted by Gasteiger charge is 2.21. The topological polar surface area (TPSA) is 55.1 Å². The normalized spacial score (nSPS) is 15.5. The van der Waals surface area contributed by atoms with Gasteiger partial charge in [-0.25, -0.2) is 4.98 Å². The Morgan fingerprint density at radius 1 is 1.04 bits per heavy atom. The fourth-order valence-corrected chi connectivity index (χ4v) is 3.33. The number of hydrogen-bond acceptors (Lipinski definition) is 3. The maximum atomic E-state index is 12.4. The molecule has 1 saturated carbocycles. The van der Waals surface area contributed by atoms with Gasteiger partial charge in [-0.05, 0) is 43.2 Å². The van der Waals surface area contributed by atoms with Crippen molar-refractivity contribution in [3.63, 3.8) is 0 Å². The number of rotatable bonds is 3. The molecular weight excluding hydrogens is 300 g/mol. The van der Waals surface area contributed by atoms with Crippen LogP contribution in [0.15, 0.2) is 52.9 Å². The number of fused-ring (bicyclic) bond motifs is 1. The van der Waals surface area contributed by atoms with Crippen LogP contribution < -0.4 is 5.32 Å². The summed E-state index contributed by atoms with van der Waals surface area (Å²) in [4.78, 5) is 16.9. The van der Waals surface area contributed by atoms with Gasteiger partial charge in [-0.2, -0.15) is 0 Å². The van der Waals surface area contributed by atoms with Crippen molar-refractivity contribution >= 4 is 22.7 Å². The molecule has 1 fully saturated rings. The molecule has 1 N–H and O–H groups in total. The van der Waals surface area contributed by atoms with Crippen LogP contribution in [0.3, 0.4) is 0 Å². The first-order valence-electron chi connectivity index (χ1n) is 8.56. The van der Waals surface area contributed by atoms with Crippen molar-refractivity contribution in [2.75, 3.05) is 5.32 Å². The van der Waals surface area contributed by atoms with Gasteiger partial charge in [-0.1, -0.05) is 37.5 Å². The lowest BCUT2D eigenvalue weighted by atomic mass is 9.88. The van der Waals surface area contributed by atoms with Crippen molar-refractivity contribution in [1.82, 2.24) is 4.98 Å². The van der Waals surface area contributed by atoms with Crippen LogP contribution in [-0.2, 0) is 4.79 Å². The molecule has 4 nitrogen and oxygen atoms in total. The SMILES string of the molecule is O=C(Nc1cccc(-c2nc3ccccc3o2)c1)C1CCCCC1. The molecule has 0 bridgehead atoms. The molecule has 4 rings (SSSR count). The fraction of sp³-hybridized carbons (Fsp3) is 0.300. The molecule has 1 aliphatic carbocycles. The van der Waals surface area contributed by atoms with Crippen LogP contribution in [-0.4, -0.2) is 10.9 Å². The maximum Gasteiger partial charge on any atom is 0.227 e. The molecule has 24 heavy (non-hydrogen) atoms. The number of nitrogens with one attached hydrogen (secondary N) is 1. The minimum Gasteiger partial charge on any atom is -0.436 e. The van der Waals surface area contributed by atoms with E-state index in [-0.39, 0.29) is 11.8 Å². The Balaban J connectivity index is 1.55. The van der Waals surface area contributed by atoms with E-state index in [1.807, 2.05) is 48.5 Å². The molecule has 0 unspecified atom stereocenters. The van der Waals surface area contributed by atoms with Gasteiger partial charge in [-0.3, -0.25) is 4.79 Å². The van der Waals surface area contributed by atoms with Crippen molar-refractivity contribution < 1.29 is 9.21 Å². The number of nitrogens with zero attached hydrogens (tertiary/aromatic N) is 1. The van der Waals surface area contributed by atoms with E-state index in [0.29, 0.717) is 5.89 Å². The largest absolute Gasteiger partial charge is 0.436 e. The first-order chi connectivity index (χ1) is 11.8. The van der Waals surface area contributed by atoms with Crippen LogP contribution in [0.4, 0.5) is 5.69 Å². The quantitative estimate of drug-likeness (QED) is 0.737. The summed E-state index contributed by atoms with van der Waals surface area (Å²) < 4.78 is 5.81. The van der Waals surface area contributed by atoms with Gasteiger partial charge in [-0.15, -0.1) is 0 Å². The van der Waals surface area contributed by atoms with Crippen LogP contribution in [0.1, 0.15) is 32.1 Å². The molecular formula is C20H20N2O2. The lowest BCUT2D eigenvalue weighted by Crippen LogP contribution is -2.24. The number of oxazole rings is 1. The maximum absolute atomic E-state index is 12.4. The summed E-state index contributed by atoms with van der Waals surface area (Å²) in [6.45, 7) is 0. The molecule has 122 valence electrons. The van der Waals surface area contributed by atoms with Crippen molar-refractivity contribution in [2.24, 2.45) is 5.92 Å². The second kappa shape index (κ2) is 6.48. The van der Waals surface area contributed by atoms with E-state index in [0.717, 1.165) is 48.0 Å². The predicted octanol–water partition coefficient (Wildman–Crippen LogP) is 5.01. The number of aromatic nitrogens is 1. The summed E-state index contributed by atoms with van der Waals surface area (Å²) in [5.74, 6) is 0.848. The van der Waals surface area contributed by atoms with Crippen LogP contribution in [0, 0.1) is 5.92 Å². The Hall–Kier alpha value is -2.62. The third-order valence-electron chi connectivity index (χ3n) is 4.65. The third kappa shape index (κ3) is 3.04. The van der Waals surface area contributed by atoms with Gasteiger partial charge < -0.3 is 9.73 Å². The van der Waals surface area contributed by atoms with Gasteiger partial charge in [0.05, 0.1) is 0 Å². The highest BCUT2D eigenvalue weighted by Crippen LogP contribution is 2.28. The standard InChI is InChI=1S/C20H20N2O2/c23-19(14-7-2-1-3-8-14)21-16-10-6-9-15(13-16)20-22-17-11-4-5-12-18(17)24-20/h4-6,9-14H,1-3,7-8H2,(H,21,23). The molecule has 0 spiro atoms. The number of amides is 1. The van der Waals surface area contributed by atoms with Crippen LogP contribution >= 0.6 is 0 Å². The molecule has 0 radical (unpaired) electrons. The molecule has 2 aromatic carbocycles. The van der Waals surface area contributed by atoms with Crippen LogP contribution in [0.25, 0.3) is 22.6 Å². The van der Waals surface area contributed by atoms with Gasteiger partial charge in [0.25, 0.3) is 0 Å². The zero-order valence-corrected chi connectivity index (χ0v) is 13.5. The Labute approximate surface area is 140 Å². The number of benzene rings is 2. The van der Waals surface area contributed by atoms with E-state index in [1.165, 1.54) is 6.42 Å². The summed E-state index contributed by atoms with van der Waals surface area (Å²) in [6, 6.07) is 15.4. The first-order valence-corrected chi connectivity index (χ1v) is 8.56. The molecule has 4 heteroatoms. The summed E-state index contributed by atoms with van der Waals surface area (Å²) in [7, 11) is 0. The van der Waals surface area contributed by atoms with Crippen molar-refractivity contribution in [3.8, 4) is 11.5 Å². The van der Waals surface area contributed by atoms with Crippen molar-refractivity contribution in [3.05, 3.63) is 48.5 Å². The Bertz CT molecular complexity index is 830. The monoisotopic (exact) mass is 320 g/mol. The summed E-state index contributed by atoms with van der Waals surface area (Å²) >= 11 is 0. The van der Waals surface area contributed by atoms with Crippen LogP contribution in [0.5, 0.6) is 0 Å². The molecule has 3 aromatic rings. The van der Waals surface area contributed by atoms with Crippen molar-refractivity contribution in [1.29, 1.82) is 0 Å². The summed E-state index contributed by atoms with van der Waals surface area (Å²) in [6.07, 6.45) is 5.55. The average Bonchev–Trinajstić information content (AvgIpc) is 3.07. The Kier molecular flexibility index (Phi) is 4.03. The van der Waals surface area contributed by atoms with Gasteiger partial charge in [0.2, 0.25) is 11.8 Å². The third-order valence-corrected chi connectivity index (χ3v) is 4.65. The number of para-hydroxylation sites is 2. The van der Waals surface area contributed by atoms with E-state index in [2.05, 4.69) is 10.3 Å². The second-order valence-electron chi connectivity index (χ2n) is 6.39. The smallest absolute Gasteiger partial charge is 0.227 e. The minimum atomic E-state index is 0.129. The van der Waals surface area contributed by atoms with Crippen LogP contribution in [0.2, 0.25) is 0 Å². The van der Waals surface area contributed by atoms with E-state index >= 15 is 0 Å². The number of hydrogen-bond donors (Lipinski definition) is 1. The van der Waals surface area contributed by atoms with Gasteiger partial charge in [0.1, 0.15) is 5.52 Å². The minimum absolute atomic E-state index is 0.129. The number of carbonyl (C=O) groups excluding carboxylic acids is 1. The molecule has 1 aromatic heterocycles. The van der Waals surface area contributed by atoms with Gasteiger partial charge in [0, 0.05) is 17.2 Å². The highest BCUT2D eigenvalue weighted by atomic mass is 16.3. The molecule has 0 aliphatic heterocycles. The van der Waals surface area contributed by atoms with E-state index in [1.54, 1.807) is 0 Å². The van der Waals surface area contributed by atoms with E-state index in [4.69, 9.17) is 4.42 Å². The molecule has 1 heterocycles. The average molecular weight is 320 g/mol. The van der Waals surface area contributed by atoms with Gasteiger partial charge >= 0.3 is 0 Å². The summed E-state index contributed by atoms with van der Waals surface area (Å²) in [5.41, 5.74) is 3.27. The summed E-state index contributed by atoms with van der Waals surface area (Å²) in [5, 5.41) is 3.05. The van der Waals surface area contributed by atoms with Crippen molar-refractivity contribution in [2.45, 2.75) is 32.1 Å². The second-order valence-corrected chi connectivity index (χ2v) is 6.39. The fourth-order valence-electron chi connectivity index (χ4n) is 3.33. The predicted molar refractivity (Wildman–Crippen MR) is 94.6 cm³/mol. The van der Waals surface area contributed by atoms with Gasteiger partial charge in [0.15, 0.2) is 5.58 Å².